The van der Waals surface area contributed by atoms with E-state index in [1.54, 1.807) is 0 Å². The zero-order valence-electron chi connectivity index (χ0n) is 9.59. The fourth-order valence-corrected chi connectivity index (χ4v) is 1.04. The fourth-order valence-electron chi connectivity index (χ4n) is 1.04. The second kappa shape index (κ2) is 6.89. The third-order valence-electron chi connectivity index (χ3n) is 1.72. The van der Waals surface area contributed by atoms with Crippen LogP contribution < -0.4 is 5.32 Å². The summed E-state index contributed by atoms with van der Waals surface area (Å²) in [5.41, 5.74) is 0. The summed E-state index contributed by atoms with van der Waals surface area (Å²) < 4.78 is 6.68. The second-order valence-corrected chi connectivity index (χ2v) is 3.83. The molecule has 0 aromatic carbocycles. The lowest BCUT2D eigenvalue weighted by molar-refractivity contribution is -0.122. The Morgan fingerprint density at radius 2 is 2.38 bits per heavy atom. The van der Waals surface area contributed by atoms with Gasteiger partial charge in [0, 0.05) is 13.2 Å². The van der Waals surface area contributed by atoms with Gasteiger partial charge in [-0.2, -0.15) is 0 Å². The molecule has 0 saturated carbocycles. The van der Waals surface area contributed by atoms with E-state index in [4.69, 9.17) is 4.74 Å². The van der Waals surface area contributed by atoms with E-state index in [0.717, 1.165) is 0 Å². The molecule has 0 aliphatic heterocycles. The lowest BCUT2D eigenvalue weighted by Gasteiger charge is -2.07. The molecule has 7 nitrogen and oxygen atoms in total. The van der Waals surface area contributed by atoms with Gasteiger partial charge in [0.2, 0.25) is 5.91 Å². The summed E-state index contributed by atoms with van der Waals surface area (Å²) in [6.45, 7) is 6.04. The fraction of sp³-hybridized carbons (Fsp3) is 0.778. The Morgan fingerprint density at radius 1 is 1.56 bits per heavy atom. The van der Waals surface area contributed by atoms with E-state index in [1.807, 2.05) is 0 Å². The molecule has 0 fully saturated rings. The van der Waals surface area contributed by atoms with E-state index >= 15 is 0 Å². The number of rotatable bonds is 7. The number of amides is 1. The Bertz CT molecular complexity index is 299. The lowest BCUT2D eigenvalue weighted by Crippen LogP contribution is -2.31. The van der Waals surface area contributed by atoms with Crippen LogP contribution >= 0.6 is 0 Å². The molecule has 0 radical (unpaired) electrons. The van der Waals surface area contributed by atoms with Gasteiger partial charge in [0.05, 0.1) is 6.61 Å². The monoisotopic (exact) mass is 227 g/mol. The van der Waals surface area contributed by atoms with Gasteiger partial charge in [-0.25, -0.2) is 4.68 Å². The summed E-state index contributed by atoms with van der Waals surface area (Å²) in [4.78, 5) is 11.3. The number of hydrogen-bond acceptors (Lipinski definition) is 5. The van der Waals surface area contributed by atoms with Gasteiger partial charge in [0.15, 0.2) is 0 Å². The van der Waals surface area contributed by atoms with Crippen molar-refractivity contribution in [1.29, 1.82) is 0 Å². The van der Waals surface area contributed by atoms with Crippen LogP contribution in [-0.4, -0.2) is 45.9 Å². The van der Waals surface area contributed by atoms with Crippen LogP contribution in [0.5, 0.6) is 0 Å². The number of tetrazole rings is 1. The first-order chi connectivity index (χ1) is 7.68. The molecule has 1 aromatic heterocycles. The summed E-state index contributed by atoms with van der Waals surface area (Å²) >= 11 is 0. The molecule has 0 spiro atoms. The number of carbonyl (C=O) groups excluding carboxylic acids is 1. The molecule has 1 N–H and O–H groups in total. The van der Waals surface area contributed by atoms with Crippen LogP contribution in [0.4, 0.5) is 0 Å². The molecule has 0 unspecified atom stereocenters. The average Bonchev–Trinajstić information content (AvgIpc) is 2.69. The first kappa shape index (κ1) is 12.6. The summed E-state index contributed by atoms with van der Waals surface area (Å²) in [5, 5.41) is 13.2. The van der Waals surface area contributed by atoms with Gasteiger partial charge in [-0.3, -0.25) is 4.79 Å². The molecule has 90 valence electrons. The highest BCUT2D eigenvalue weighted by Gasteiger charge is 2.02. The molecule has 1 rings (SSSR count). The molecule has 16 heavy (non-hydrogen) atoms. The van der Waals surface area contributed by atoms with Gasteiger partial charge < -0.3 is 10.1 Å². The minimum Gasteiger partial charge on any atom is -0.379 e. The largest absolute Gasteiger partial charge is 0.379 e. The molecule has 0 aliphatic rings. The van der Waals surface area contributed by atoms with Crippen molar-refractivity contribution in [3.05, 3.63) is 6.33 Å². The first-order valence-electron chi connectivity index (χ1n) is 5.23. The van der Waals surface area contributed by atoms with Crippen molar-refractivity contribution in [1.82, 2.24) is 25.5 Å². The third kappa shape index (κ3) is 5.40. The third-order valence-corrected chi connectivity index (χ3v) is 1.72. The highest BCUT2D eigenvalue weighted by Crippen LogP contribution is 1.90. The van der Waals surface area contributed by atoms with Gasteiger partial charge in [-0.05, 0) is 16.3 Å². The van der Waals surface area contributed by atoms with Crippen LogP contribution in [0.3, 0.4) is 0 Å². The number of aromatic nitrogens is 4. The second-order valence-electron chi connectivity index (χ2n) is 3.83. The summed E-state index contributed by atoms with van der Waals surface area (Å²) in [6, 6.07) is 0. The van der Waals surface area contributed by atoms with Crippen LogP contribution in [0.2, 0.25) is 0 Å². The summed E-state index contributed by atoms with van der Waals surface area (Å²) in [5.74, 6) is 0.386. The van der Waals surface area contributed by atoms with Crippen LogP contribution in [0, 0.1) is 5.92 Å². The van der Waals surface area contributed by atoms with E-state index in [2.05, 4.69) is 34.7 Å². The van der Waals surface area contributed by atoms with Crippen LogP contribution in [-0.2, 0) is 16.1 Å². The minimum atomic E-state index is -0.125. The number of carbonyl (C=O) groups is 1. The van der Waals surface area contributed by atoms with Crippen molar-refractivity contribution in [2.75, 3.05) is 19.8 Å². The van der Waals surface area contributed by atoms with E-state index in [0.29, 0.717) is 25.7 Å². The number of nitrogens with zero attached hydrogens (tertiary/aromatic N) is 4. The SMILES string of the molecule is CC(C)COCCNC(=O)Cn1cnnn1. The number of ether oxygens (including phenoxy) is 1. The molecule has 7 heteroatoms. The summed E-state index contributed by atoms with van der Waals surface area (Å²) in [7, 11) is 0. The number of nitrogens with one attached hydrogen (secondary N) is 1. The van der Waals surface area contributed by atoms with E-state index in [1.165, 1.54) is 11.0 Å². The quantitative estimate of drug-likeness (QED) is 0.633. The van der Waals surface area contributed by atoms with Crippen LogP contribution in [0.25, 0.3) is 0 Å². The standard InChI is InChI=1S/C9H17N5O2/c1-8(2)6-16-4-3-10-9(15)5-14-7-11-12-13-14/h7-8H,3-6H2,1-2H3,(H,10,15). The molecule has 1 aromatic rings. The molecule has 0 saturated heterocycles. The molecular formula is C9H17N5O2. The van der Waals surface area contributed by atoms with E-state index < -0.39 is 0 Å². The molecule has 0 aliphatic carbocycles. The zero-order valence-corrected chi connectivity index (χ0v) is 9.59. The number of hydrogen-bond donors (Lipinski definition) is 1. The Hall–Kier alpha value is -1.50. The van der Waals surface area contributed by atoms with Gasteiger partial charge in [0.1, 0.15) is 12.9 Å². The van der Waals surface area contributed by atoms with Gasteiger partial charge in [-0.15, -0.1) is 5.10 Å². The van der Waals surface area contributed by atoms with Gasteiger partial charge >= 0.3 is 0 Å². The topological polar surface area (TPSA) is 81.9 Å². The molecule has 1 amide bonds. The van der Waals surface area contributed by atoms with Crippen molar-refractivity contribution in [2.45, 2.75) is 20.4 Å². The van der Waals surface area contributed by atoms with Crippen LogP contribution in [0.1, 0.15) is 13.8 Å². The maximum absolute atomic E-state index is 11.3. The normalized spacial score (nSPS) is 10.7. The highest BCUT2D eigenvalue weighted by molar-refractivity contribution is 5.75. The average molecular weight is 227 g/mol. The minimum absolute atomic E-state index is 0.125. The predicted molar refractivity (Wildman–Crippen MR) is 56.5 cm³/mol. The Balaban J connectivity index is 2.03. The van der Waals surface area contributed by atoms with Crippen molar-refractivity contribution >= 4 is 5.91 Å². The molecule has 1 heterocycles. The maximum Gasteiger partial charge on any atom is 0.241 e. The van der Waals surface area contributed by atoms with Crippen molar-refractivity contribution in [2.24, 2.45) is 5.92 Å². The first-order valence-corrected chi connectivity index (χ1v) is 5.23. The highest BCUT2D eigenvalue weighted by atomic mass is 16.5. The Labute approximate surface area is 94.2 Å². The molecule has 0 bridgehead atoms. The van der Waals surface area contributed by atoms with Gasteiger partial charge in [-0.1, -0.05) is 13.8 Å². The van der Waals surface area contributed by atoms with Crippen LogP contribution in [0.15, 0.2) is 6.33 Å². The smallest absolute Gasteiger partial charge is 0.241 e. The zero-order chi connectivity index (χ0) is 11.8. The van der Waals surface area contributed by atoms with Gasteiger partial charge in [0.25, 0.3) is 0 Å². The van der Waals surface area contributed by atoms with Crippen molar-refractivity contribution < 1.29 is 9.53 Å². The molecular weight excluding hydrogens is 210 g/mol. The Kier molecular flexibility index (Phi) is 5.41. The Morgan fingerprint density at radius 3 is 3.00 bits per heavy atom. The molecule has 0 atom stereocenters. The lowest BCUT2D eigenvalue weighted by atomic mass is 10.2. The summed E-state index contributed by atoms with van der Waals surface area (Å²) in [6.07, 6.45) is 1.40. The maximum atomic E-state index is 11.3. The van der Waals surface area contributed by atoms with E-state index in [9.17, 15) is 4.79 Å². The predicted octanol–water partition coefficient (Wildman–Crippen LogP) is -0.538. The van der Waals surface area contributed by atoms with E-state index in [-0.39, 0.29) is 12.5 Å². The van der Waals surface area contributed by atoms with Crippen molar-refractivity contribution in [3.8, 4) is 0 Å². The van der Waals surface area contributed by atoms with Crippen molar-refractivity contribution in [3.63, 3.8) is 0 Å².